The fourth-order valence-electron chi connectivity index (χ4n) is 4.39. The highest BCUT2D eigenvalue weighted by Gasteiger charge is 2.24. The summed E-state index contributed by atoms with van der Waals surface area (Å²) in [7, 11) is 0. The molecule has 0 bridgehead atoms. The molecular formula is C26H29ClN6OS. The number of halogens is 1. The van der Waals surface area contributed by atoms with E-state index in [0.717, 1.165) is 72.1 Å². The second-order valence-electron chi connectivity index (χ2n) is 9.28. The van der Waals surface area contributed by atoms with Gasteiger partial charge >= 0.3 is 0 Å². The number of benzene rings is 1. The van der Waals surface area contributed by atoms with Gasteiger partial charge in [0.25, 0.3) is 5.91 Å². The Morgan fingerprint density at radius 1 is 1.11 bits per heavy atom. The molecule has 182 valence electrons. The van der Waals surface area contributed by atoms with E-state index in [9.17, 15) is 4.79 Å². The zero-order valence-electron chi connectivity index (χ0n) is 20.0. The first-order valence-corrected chi connectivity index (χ1v) is 13.3. The van der Waals surface area contributed by atoms with Gasteiger partial charge in [-0.05, 0) is 48.4 Å². The second-order valence-corrected chi connectivity index (χ2v) is 10.7. The number of carbonyl (C=O) groups is 1. The van der Waals surface area contributed by atoms with Crippen molar-refractivity contribution >= 4 is 45.7 Å². The molecule has 5 rings (SSSR count). The zero-order chi connectivity index (χ0) is 24.4. The molecule has 4 aromatic rings. The highest BCUT2D eigenvalue weighted by molar-refractivity contribution is 7.12. The average molecular weight is 509 g/mol. The van der Waals surface area contributed by atoms with E-state index in [1.54, 1.807) is 0 Å². The minimum absolute atomic E-state index is 0.112. The maximum Gasteiger partial charge on any atom is 0.263 e. The SMILES string of the molecule is CC(C)CCc1nc(N2CCCN(C(=O)c3cccs3)CC2)c2cnn(-c3cccc(Cl)c3)c2n1. The van der Waals surface area contributed by atoms with Gasteiger partial charge in [0.1, 0.15) is 11.6 Å². The van der Waals surface area contributed by atoms with Gasteiger partial charge in [-0.1, -0.05) is 37.6 Å². The van der Waals surface area contributed by atoms with Gasteiger partial charge < -0.3 is 9.80 Å². The first-order valence-electron chi connectivity index (χ1n) is 12.1. The van der Waals surface area contributed by atoms with Gasteiger partial charge in [0.2, 0.25) is 0 Å². The molecule has 0 unspecified atom stereocenters. The lowest BCUT2D eigenvalue weighted by Gasteiger charge is -2.23. The third-order valence-corrected chi connectivity index (χ3v) is 7.36. The van der Waals surface area contributed by atoms with Crippen LogP contribution in [-0.4, -0.2) is 56.7 Å². The Bertz CT molecular complexity index is 1320. The van der Waals surface area contributed by atoms with Crippen molar-refractivity contribution in [1.29, 1.82) is 0 Å². The number of hydrogen-bond donors (Lipinski definition) is 0. The molecule has 3 aromatic heterocycles. The smallest absolute Gasteiger partial charge is 0.263 e. The topological polar surface area (TPSA) is 67.2 Å². The molecule has 1 saturated heterocycles. The quantitative estimate of drug-likeness (QED) is 0.345. The molecule has 1 aliphatic rings. The molecule has 0 N–H and O–H groups in total. The van der Waals surface area contributed by atoms with Crippen LogP contribution in [0.15, 0.2) is 48.0 Å². The van der Waals surface area contributed by atoms with E-state index < -0.39 is 0 Å². The van der Waals surface area contributed by atoms with Crippen molar-refractivity contribution in [2.45, 2.75) is 33.1 Å². The summed E-state index contributed by atoms with van der Waals surface area (Å²) in [5.41, 5.74) is 1.65. The van der Waals surface area contributed by atoms with Gasteiger partial charge in [-0.3, -0.25) is 4.79 Å². The van der Waals surface area contributed by atoms with Gasteiger partial charge in [0.05, 0.1) is 22.1 Å². The zero-order valence-corrected chi connectivity index (χ0v) is 21.6. The number of nitrogens with zero attached hydrogens (tertiary/aromatic N) is 6. The lowest BCUT2D eigenvalue weighted by atomic mass is 10.1. The van der Waals surface area contributed by atoms with Crippen molar-refractivity contribution in [3.8, 4) is 5.69 Å². The summed E-state index contributed by atoms with van der Waals surface area (Å²) < 4.78 is 1.84. The van der Waals surface area contributed by atoms with Gasteiger partial charge in [-0.15, -0.1) is 11.3 Å². The predicted octanol–water partition coefficient (Wildman–Crippen LogP) is 5.47. The molecule has 0 atom stereocenters. The van der Waals surface area contributed by atoms with E-state index in [4.69, 9.17) is 21.6 Å². The number of amides is 1. The number of thiophene rings is 1. The number of carbonyl (C=O) groups excluding carboxylic acids is 1. The molecule has 4 heterocycles. The maximum absolute atomic E-state index is 12.9. The standard InChI is InChI=1S/C26H29ClN6OS/c1-18(2)9-10-23-29-24(21-17-28-33(25(21)30-23)20-7-3-6-19(27)16-20)31-11-5-12-32(14-13-31)26(34)22-8-4-15-35-22/h3-4,6-8,15-18H,5,9-14H2,1-2H3. The Balaban J connectivity index is 1.49. The largest absolute Gasteiger partial charge is 0.354 e. The molecule has 0 spiro atoms. The molecule has 1 fully saturated rings. The van der Waals surface area contributed by atoms with E-state index in [1.165, 1.54) is 11.3 Å². The highest BCUT2D eigenvalue weighted by atomic mass is 35.5. The van der Waals surface area contributed by atoms with Crippen LogP contribution in [0.3, 0.4) is 0 Å². The second kappa shape index (κ2) is 10.3. The lowest BCUT2D eigenvalue weighted by molar-refractivity contribution is 0.0772. The molecular weight excluding hydrogens is 480 g/mol. The third-order valence-electron chi connectivity index (χ3n) is 6.27. The summed E-state index contributed by atoms with van der Waals surface area (Å²) in [5.74, 6) is 2.39. The Kier molecular flexibility index (Phi) is 7.02. The third kappa shape index (κ3) is 5.18. The van der Waals surface area contributed by atoms with Crippen molar-refractivity contribution < 1.29 is 4.79 Å². The van der Waals surface area contributed by atoms with Gasteiger partial charge in [0.15, 0.2) is 5.65 Å². The van der Waals surface area contributed by atoms with E-state index in [-0.39, 0.29) is 5.91 Å². The van der Waals surface area contributed by atoms with Crippen molar-refractivity contribution in [2.24, 2.45) is 5.92 Å². The van der Waals surface area contributed by atoms with Crippen LogP contribution in [0.4, 0.5) is 5.82 Å². The van der Waals surface area contributed by atoms with Crippen molar-refractivity contribution in [3.05, 3.63) is 63.7 Å². The van der Waals surface area contributed by atoms with Crippen LogP contribution in [0.1, 0.15) is 42.2 Å². The summed E-state index contributed by atoms with van der Waals surface area (Å²) in [4.78, 5) is 27.9. The number of rotatable bonds is 6. The Hall–Kier alpha value is -2.97. The van der Waals surface area contributed by atoms with Crippen LogP contribution in [0.25, 0.3) is 16.7 Å². The normalized spacial score (nSPS) is 14.6. The highest BCUT2D eigenvalue weighted by Crippen LogP contribution is 2.28. The van der Waals surface area contributed by atoms with Gasteiger partial charge in [-0.25, -0.2) is 14.6 Å². The monoisotopic (exact) mass is 508 g/mol. The first-order chi connectivity index (χ1) is 17.0. The Labute approximate surface area is 214 Å². The molecule has 1 aliphatic heterocycles. The number of fused-ring (bicyclic) bond motifs is 1. The van der Waals surface area contributed by atoms with E-state index in [2.05, 4.69) is 23.8 Å². The minimum atomic E-state index is 0.112. The molecule has 0 radical (unpaired) electrons. The van der Waals surface area contributed by atoms with Crippen LogP contribution in [-0.2, 0) is 6.42 Å². The Morgan fingerprint density at radius 3 is 2.77 bits per heavy atom. The van der Waals surface area contributed by atoms with Crippen molar-refractivity contribution in [1.82, 2.24) is 24.6 Å². The summed E-state index contributed by atoms with van der Waals surface area (Å²) in [6.07, 6.45) is 4.54. The van der Waals surface area contributed by atoms with E-state index in [1.807, 2.05) is 57.6 Å². The summed E-state index contributed by atoms with van der Waals surface area (Å²) in [6.45, 7) is 7.37. The molecule has 7 nitrogen and oxygen atoms in total. The molecule has 1 amide bonds. The van der Waals surface area contributed by atoms with Crippen LogP contribution in [0.5, 0.6) is 0 Å². The van der Waals surface area contributed by atoms with Crippen LogP contribution in [0, 0.1) is 5.92 Å². The molecule has 0 aliphatic carbocycles. The van der Waals surface area contributed by atoms with Crippen molar-refractivity contribution in [3.63, 3.8) is 0 Å². The summed E-state index contributed by atoms with van der Waals surface area (Å²) in [5, 5.41) is 8.18. The van der Waals surface area contributed by atoms with Crippen LogP contribution < -0.4 is 4.90 Å². The molecule has 35 heavy (non-hydrogen) atoms. The maximum atomic E-state index is 12.9. The molecule has 0 saturated carbocycles. The minimum Gasteiger partial charge on any atom is -0.354 e. The van der Waals surface area contributed by atoms with E-state index >= 15 is 0 Å². The summed E-state index contributed by atoms with van der Waals surface area (Å²) >= 11 is 7.76. The summed E-state index contributed by atoms with van der Waals surface area (Å²) in [6, 6.07) is 11.5. The van der Waals surface area contributed by atoms with Crippen LogP contribution >= 0.6 is 22.9 Å². The average Bonchev–Trinajstić information content (AvgIpc) is 3.47. The van der Waals surface area contributed by atoms with Gasteiger partial charge in [-0.2, -0.15) is 5.10 Å². The molecule has 1 aromatic carbocycles. The number of anilines is 1. The molecule has 9 heteroatoms. The number of aryl methyl sites for hydroxylation is 1. The number of hydrogen-bond acceptors (Lipinski definition) is 6. The fraction of sp³-hybridized carbons (Fsp3) is 0.385. The Morgan fingerprint density at radius 2 is 2.00 bits per heavy atom. The van der Waals surface area contributed by atoms with Crippen LogP contribution in [0.2, 0.25) is 5.02 Å². The predicted molar refractivity (Wildman–Crippen MR) is 142 cm³/mol. The lowest BCUT2D eigenvalue weighted by Crippen LogP contribution is -2.35. The first kappa shape index (κ1) is 23.8. The number of aromatic nitrogens is 4. The van der Waals surface area contributed by atoms with Gasteiger partial charge in [0, 0.05) is 37.6 Å². The van der Waals surface area contributed by atoms with E-state index in [0.29, 0.717) is 17.5 Å². The van der Waals surface area contributed by atoms with Crippen molar-refractivity contribution in [2.75, 3.05) is 31.1 Å². The fourth-order valence-corrected chi connectivity index (χ4v) is 5.27.